The molecule has 2 heterocycles. The van der Waals surface area contributed by atoms with Gasteiger partial charge in [0.2, 0.25) is 5.43 Å². The first-order chi connectivity index (χ1) is 15.3. The first kappa shape index (κ1) is 19.7. The third kappa shape index (κ3) is 3.08. The normalized spacial score (nSPS) is 12.9. The molecule has 0 spiro atoms. The number of benzene rings is 3. The second-order valence-electron chi connectivity index (χ2n) is 7.63. The maximum Gasteiger partial charge on any atom is 0.341 e. The van der Waals surface area contributed by atoms with Crippen LogP contribution in [0.2, 0.25) is 0 Å². The number of aromatic nitrogens is 1. The van der Waals surface area contributed by atoms with Crippen LogP contribution in [-0.4, -0.2) is 20.7 Å². The van der Waals surface area contributed by atoms with Crippen LogP contribution in [-0.2, 0) is 13.1 Å². The van der Waals surface area contributed by atoms with Crippen LogP contribution in [0.15, 0.2) is 65.6 Å². The van der Waals surface area contributed by atoms with E-state index in [1.54, 1.807) is 4.90 Å². The summed E-state index contributed by atoms with van der Waals surface area (Å²) < 4.78 is 31.0. The fraction of sp³-hybridized carbons (Fsp3) is 0.0833. The van der Waals surface area contributed by atoms with Crippen molar-refractivity contribution in [2.45, 2.75) is 13.1 Å². The quantitative estimate of drug-likeness (QED) is 0.505. The molecule has 0 saturated carbocycles. The summed E-state index contributed by atoms with van der Waals surface area (Å²) in [7, 11) is 0. The zero-order valence-electron chi connectivity index (χ0n) is 16.5. The smallest absolute Gasteiger partial charge is 0.341 e. The molecule has 6 nitrogen and oxygen atoms in total. The molecular formula is C24H16F2N2O4. The van der Waals surface area contributed by atoms with Crippen LogP contribution in [0.4, 0.5) is 14.5 Å². The number of hydrogen-bond donors (Lipinski definition) is 2. The summed E-state index contributed by atoms with van der Waals surface area (Å²) >= 11 is 0. The Balaban J connectivity index is 1.77. The summed E-state index contributed by atoms with van der Waals surface area (Å²) in [6, 6.07) is 13.5. The lowest BCUT2D eigenvalue weighted by Crippen LogP contribution is -2.21. The number of pyridine rings is 1. The molecule has 0 unspecified atom stereocenters. The van der Waals surface area contributed by atoms with Crippen molar-refractivity contribution in [1.82, 2.24) is 4.57 Å². The predicted molar refractivity (Wildman–Crippen MR) is 114 cm³/mol. The van der Waals surface area contributed by atoms with Crippen LogP contribution in [0.25, 0.3) is 16.6 Å². The minimum atomic E-state index is -1.51. The highest BCUT2D eigenvalue weighted by Gasteiger charge is 2.24. The summed E-state index contributed by atoms with van der Waals surface area (Å²) in [5.74, 6) is -3.32. The van der Waals surface area contributed by atoms with Gasteiger partial charge in [-0.2, -0.15) is 0 Å². The van der Waals surface area contributed by atoms with E-state index in [-0.39, 0.29) is 28.0 Å². The number of fused-ring (bicyclic) bond motifs is 2. The third-order valence-electron chi connectivity index (χ3n) is 5.67. The van der Waals surface area contributed by atoms with Crippen molar-refractivity contribution in [2.24, 2.45) is 0 Å². The topological polar surface area (TPSA) is 82.8 Å². The van der Waals surface area contributed by atoms with Crippen molar-refractivity contribution in [3.63, 3.8) is 0 Å². The molecule has 0 atom stereocenters. The molecule has 5 rings (SSSR count). The Labute approximate surface area is 180 Å². The van der Waals surface area contributed by atoms with E-state index in [9.17, 15) is 24.2 Å². The first-order valence-electron chi connectivity index (χ1n) is 9.76. The SMILES string of the molecule is O=C(O)c1cn(-c2ccc(O)cc2F)c2cc(N3Cc4ccccc4C3)c(F)cc2c1=O. The monoisotopic (exact) mass is 434 g/mol. The summed E-state index contributed by atoms with van der Waals surface area (Å²) in [4.78, 5) is 26.2. The molecule has 1 aliphatic heterocycles. The third-order valence-corrected chi connectivity index (χ3v) is 5.67. The van der Waals surface area contributed by atoms with E-state index >= 15 is 4.39 Å². The van der Waals surface area contributed by atoms with Crippen molar-refractivity contribution in [3.05, 3.63) is 99.3 Å². The van der Waals surface area contributed by atoms with E-state index in [1.165, 1.54) is 22.8 Å². The lowest BCUT2D eigenvalue weighted by molar-refractivity contribution is 0.0695. The number of nitrogens with zero attached hydrogens (tertiary/aromatic N) is 2. The zero-order valence-corrected chi connectivity index (χ0v) is 16.5. The highest BCUT2D eigenvalue weighted by Crippen LogP contribution is 2.33. The van der Waals surface area contributed by atoms with E-state index in [2.05, 4.69) is 0 Å². The lowest BCUT2D eigenvalue weighted by atomic mass is 10.1. The number of phenolic OH excluding ortho intramolecular Hbond substituents is 1. The number of carboxylic acids is 1. The van der Waals surface area contributed by atoms with E-state index in [0.717, 1.165) is 29.5 Å². The molecule has 0 aliphatic carbocycles. The molecule has 0 fully saturated rings. The zero-order chi connectivity index (χ0) is 22.6. The van der Waals surface area contributed by atoms with Crippen LogP contribution in [0, 0.1) is 11.6 Å². The maximum absolute atomic E-state index is 15.1. The number of rotatable bonds is 3. The van der Waals surface area contributed by atoms with Gasteiger partial charge in [-0.15, -0.1) is 0 Å². The summed E-state index contributed by atoms with van der Waals surface area (Å²) in [5.41, 5.74) is 0.896. The predicted octanol–water partition coefficient (Wildman–Crippen LogP) is 4.19. The molecule has 3 aromatic carbocycles. The molecule has 2 N–H and O–H groups in total. The number of hydrogen-bond acceptors (Lipinski definition) is 4. The van der Waals surface area contributed by atoms with Crippen LogP contribution in [0.3, 0.4) is 0 Å². The van der Waals surface area contributed by atoms with Gasteiger partial charge in [-0.05, 0) is 35.4 Å². The molecule has 0 bridgehead atoms. The molecule has 160 valence electrons. The summed E-state index contributed by atoms with van der Waals surface area (Å²) in [5, 5.41) is 18.8. The maximum atomic E-state index is 15.1. The Morgan fingerprint density at radius 3 is 2.19 bits per heavy atom. The van der Waals surface area contributed by atoms with E-state index < -0.39 is 28.6 Å². The van der Waals surface area contributed by atoms with Crippen LogP contribution in [0.1, 0.15) is 21.5 Å². The van der Waals surface area contributed by atoms with Gasteiger partial charge in [-0.1, -0.05) is 24.3 Å². The summed E-state index contributed by atoms with van der Waals surface area (Å²) in [6.45, 7) is 0.924. The highest BCUT2D eigenvalue weighted by atomic mass is 19.1. The number of halogens is 2. The van der Waals surface area contributed by atoms with E-state index in [0.29, 0.717) is 13.1 Å². The Hall–Kier alpha value is -4.20. The fourth-order valence-electron chi connectivity index (χ4n) is 4.12. The minimum absolute atomic E-state index is 0.0856. The second-order valence-corrected chi connectivity index (χ2v) is 7.63. The highest BCUT2D eigenvalue weighted by molar-refractivity contribution is 5.94. The molecule has 8 heteroatoms. The van der Waals surface area contributed by atoms with Gasteiger partial charge in [-0.25, -0.2) is 13.6 Å². The van der Waals surface area contributed by atoms with Crippen molar-refractivity contribution in [1.29, 1.82) is 0 Å². The number of aromatic hydroxyl groups is 1. The Kier molecular flexibility index (Phi) is 4.44. The molecular weight excluding hydrogens is 418 g/mol. The average Bonchev–Trinajstić information content (AvgIpc) is 3.18. The van der Waals surface area contributed by atoms with E-state index in [1.807, 2.05) is 24.3 Å². The van der Waals surface area contributed by atoms with Crippen LogP contribution in [0.5, 0.6) is 5.75 Å². The number of carbonyl (C=O) groups is 1. The largest absolute Gasteiger partial charge is 0.508 e. The Bertz CT molecular complexity index is 1450. The molecule has 0 saturated heterocycles. The van der Waals surface area contributed by atoms with Gasteiger partial charge >= 0.3 is 5.97 Å². The second kappa shape index (κ2) is 7.19. The fourth-order valence-corrected chi connectivity index (χ4v) is 4.12. The van der Waals surface area contributed by atoms with Gasteiger partial charge in [0, 0.05) is 30.7 Å². The molecule has 1 aliphatic rings. The van der Waals surface area contributed by atoms with Gasteiger partial charge in [0.1, 0.15) is 17.1 Å². The van der Waals surface area contributed by atoms with Gasteiger partial charge in [0.15, 0.2) is 5.82 Å². The molecule has 1 aromatic heterocycles. The van der Waals surface area contributed by atoms with Crippen LogP contribution < -0.4 is 10.3 Å². The number of aromatic carboxylic acids is 1. The van der Waals surface area contributed by atoms with Crippen molar-refractivity contribution < 1.29 is 23.8 Å². The standard InChI is InChI=1S/C24H16F2N2O4/c25-18-7-15(29)5-6-20(18)28-12-17(24(31)32)23(30)16-8-19(26)22(9-21(16)28)27-10-13-3-1-2-4-14(13)11-27/h1-9,12,29H,10-11H2,(H,31,32). The number of phenols is 1. The van der Waals surface area contributed by atoms with Crippen molar-refractivity contribution >= 4 is 22.6 Å². The van der Waals surface area contributed by atoms with Gasteiger partial charge in [-0.3, -0.25) is 4.79 Å². The Morgan fingerprint density at radius 2 is 1.56 bits per heavy atom. The van der Waals surface area contributed by atoms with Gasteiger partial charge in [0.05, 0.1) is 16.9 Å². The Morgan fingerprint density at radius 1 is 0.906 bits per heavy atom. The molecule has 0 radical (unpaired) electrons. The van der Waals surface area contributed by atoms with Gasteiger partial charge in [0.25, 0.3) is 0 Å². The first-order valence-corrected chi connectivity index (χ1v) is 9.76. The molecule has 4 aromatic rings. The summed E-state index contributed by atoms with van der Waals surface area (Å²) in [6.07, 6.45) is 1.02. The average molecular weight is 434 g/mol. The number of anilines is 1. The van der Waals surface area contributed by atoms with Crippen molar-refractivity contribution in [3.8, 4) is 11.4 Å². The minimum Gasteiger partial charge on any atom is -0.508 e. The molecule has 0 amide bonds. The molecule has 32 heavy (non-hydrogen) atoms. The lowest BCUT2D eigenvalue weighted by Gasteiger charge is -2.21. The van der Waals surface area contributed by atoms with Crippen LogP contribution >= 0.6 is 0 Å². The van der Waals surface area contributed by atoms with Gasteiger partial charge < -0.3 is 19.7 Å². The van der Waals surface area contributed by atoms with Crippen molar-refractivity contribution in [2.75, 3.05) is 4.90 Å². The van der Waals surface area contributed by atoms with E-state index in [4.69, 9.17) is 0 Å². The number of carboxylic acid groups (broad SMARTS) is 1.